The van der Waals surface area contributed by atoms with Crippen LogP contribution in [0.5, 0.6) is 0 Å². The van der Waals surface area contributed by atoms with Crippen LogP contribution in [0.2, 0.25) is 0 Å². The Morgan fingerprint density at radius 2 is 1.74 bits per heavy atom. The van der Waals surface area contributed by atoms with Crippen LogP contribution in [0, 0.1) is 13.8 Å². The van der Waals surface area contributed by atoms with Crippen molar-refractivity contribution >= 4 is 17.3 Å². The lowest BCUT2D eigenvalue weighted by atomic mass is 10.2. The van der Waals surface area contributed by atoms with Crippen LogP contribution in [-0.2, 0) is 11.2 Å². The molecule has 1 amide bonds. The van der Waals surface area contributed by atoms with Crippen molar-refractivity contribution in [2.24, 2.45) is 0 Å². The Balaban J connectivity index is 1.23. The Labute approximate surface area is 182 Å². The number of nitrogens with zero attached hydrogens (tertiary/aromatic N) is 6. The normalized spacial score (nSPS) is 16.6. The molecule has 1 aromatic carbocycles. The minimum Gasteiger partial charge on any atom is -0.366 e. The lowest BCUT2D eigenvalue weighted by Crippen LogP contribution is -2.50. The summed E-state index contributed by atoms with van der Waals surface area (Å²) in [6.07, 6.45) is 2.74. The smallest absolute Gasteiger partial charge is 0.241 e. The summed E-state index contributed by atoms with van der Waals surface area (Å²) in [4.78, 5) is 24.0. The Kier molecular flexibility index (Phi) is 5.19. The minimum absolute atomic E-state index is 0.203. The topological polar surface area (TPSA) is 57.5 Å². The number of pyridine rings is 1. The van der Waals surface area contributed by atoms with Gasteiger partial charge in [-0.1, -0.05) is 24.3 Å². The van der Waals surface area contributed by atoms with Gasteiger partial charge >= 0.3 is 0 Å². The predicted molar refractivity (Wildman–Crippen MR) is 122 cm³/mol. The lowest BCUT2D eigenvalue weighted by molar-refractivity contribution is -0.119. The Morgan fingerprint density at radius 1 is 0.968 bits per heavy atom. The van der Waals surface area contributed by atoms with Gasteiger partial charge in [0.25, 0.3) is 0 Å². The maximum atomic E-state index is 12.9. The average Bonchev–Trinajstić information content (AvgIpc) is 3.36. The van der Waals surface area contributed by atoms with Gasteiger partial charge in [0.15, 0.2) is 5.82 Å². The zero-order valence-corrected chi connectivity index (χ0v) is 18.2. The summed E-state index contributed by atoms with van der Waals surface area (Å²) in [5.74, 6) is 1.04. The van der Waals surface area contributed by atoms with Gasteiger partial charge in [0, 0.05) is 44.6 Å². The summed E-state index contributed by atoms with van der Waals surface area (Å²) in [5, 5.41) is 4.73. The first-order chi connectivity index (χ1) is 15.1. The van der Waals surface area contributed by atoms with Crippen LogP contribution in [-0.4, -0.2) is 64.8 Å². The molecule has 1 saturated heterocycles. The first kappa shape index (κ1) is 19.8. The third kappa shape index (κ3) is 3.70. The number of piperazine rings is 1. The fraction of sp³-hybridized carbons (Fsp3) is 0.375. The number of amides is 1. The molecule has 0 bridgehead atoms. The van der Waals surface area contributed by atoms with E-state index in [0.717, 1.165) is 62.0 Å². The second-order valence-corrected chi connectivity index (χ2v) is 8.31. The molecular formula is C24H28N6O. The van der Waals surface area contributed by atoms with E-state index in [-0.39, 0.29) is 5.91 Å². The molecule has 4 heterocycles. The number of aryl methyl sites for hydroxylation is 1. The van der Waals surface area contributed by atoms with E-state index < -0.39 is 0 Å². The van der Waals surface area contributed by atoms with Crippen LogP contribution in [0.25, 0.3) is 5.82 Å². The number of fused-ring (bicyclic) bond motifs is 1. The number of benzene rings is 1. The third-order valence-electron chi connectivity index (χ3n) is 6.35. The molecule has 0 radical (unpaired) electrons. The molecule has 1 fully saturated rings. The number of rotatable bonds is 4. The molecule has 31 heavy (non-hydrogen) atoms. The van der Waals surface area contributed by atoms with Crippen LogP contribution in [0.15, 0.2) is 48.7 Å². The molecule has 0 atom stereocenters. The summed E-state index contributed by atoms with van der Waals surface area (Å²) < 4.78 is 1.92. The second kappa shape index (κ2) is 8.15. The summed E-state index contributed by atoms with van der Waals surface area (Å²) >= 11 is 0. The van der Waals surface area contributed by atoms with Crippen LogP contribution < -0.4 is 9.80 Å². The van der Waals surface area contributed by atoms with Gasteiger partial charge in [0.05, 0.1) is 23.6 Å². The highest BCUT2D eigenvalue weighted by Gasteiger charge is 2.28. The van der Waals surface area contributed by atoms with Gasteiger partial charge in [-0.2, -0.15) is 5.10 Å². The van der Waals surface area contributed by atoms with E-state index in [1.54, 1.807) is 6.20 Å². The van der Waals surface area contributed by atoms with Gasteiger partial charge in [-0.05, 0) is 44.0 Å². The quantitative estimate of drug-likeness (QED) is 0.654. The number of hydrogen-bond donors (Lipinski definition) is 0. The number of hydrogen-bond acceptors (Lipinski definition) is 5. The van der Waals surface area contributed by atoms with Crippen molar-refractivity contribution in [3.8, 4) is 5.82 Å². The van der Waals surface area contributed by atoms with E-state index in [0.29, 0.717) is 6.54 Å². The van der Waals surface area contributed by atoms with E-state index in [2.05, 4.69) is 40.8 Å². The van der Waals surface area contributed by atoms with E-state index in [1.165, 1.54) is 11.3 Å². The largest absolute Gasteiger partial charge is 0.366 e. The molecule has 0 unspecified atom stereocenters. The molecule has 0 spiro atoms. The molecule has 0 aliphatic carbocycles. The molecule has 3 aromatic rings. The van der Waals surface area contributed by atoms with Gasteiger partial charge in [-0.25, -0.2) is 9.67 Å². The highest BCUT2D eigenvalue weighted by atomic mass is 16.2. The highest BCUT2D eigenvalue weighted by molar-refractivity contribution is 5.96. The maximum absolute atomic E-state index is 12.9. The molecular weight excluding hydrogens is 388 g/mol. The van der Waals surface area contributed by atoms with Crippen LogP contribution in [0.4, 0.5) is 11.4 Å². The zero-order valence-electron chi connectivity index (χ0n) is 18.2. The van der Waals surface area contributed by atoms with Crippen molar-refractivity contribution in [1.29, 1.82) is 0 Å². The molecule has 7 heteroatoms. The minimum atomic E-state index is 0.203. The lowest BCUT2D eigenvalue weighted by Gasteiger charge is -2.36. The van der Waals surface area contributed by atoms with Gasteiger partial charge in [0.2, 0.25) is 5.91 Å². The van der Waals surface area contributed by atoms with Gasteiger partial charge in [-0.3, -0.25) is 9.69 Å². The molecule has 5 rings (SSSR count). The summed E-state index contributed by atoms with van der Waals surface area (Å²) in [6, 6.07) is 14.1. The Bertz CT molecular complexity index is 1080. The van der Waals surface area contributed by atoms with Crippen molar-refractivity contribution in [2.45, 2.75) is 20.3 Å². The van der Waals surface area contributed by atoms with Crippen LogP contribution in [0.1, 0.15) is 17.0 Å². The van der Waals surface area contributed by atoms with E-state index >= 15 is 0 Å². The fourth-order valence-corrected chi connectivity index (χ4v) is 4.80. The molecule has 2 aliphatic heterocycles. The second-order valence-electron chi connectivity index (χ2n) is 8.31. The molecule has 0 N–H and O–H groups in total. The highest BCUT2D eigenvalue weighted by Crippen LogP contribution is 2.29. The van der Waals surface area contributed by atoms with Gasteiger partial charge in [-0.15, -0.1) is 0 Å². The summed E-state index contributed by atoms with van der Waals surface area (Å²) in [6.45, 7) is 8.95. The van der Waals surface area contributed by atoms with E-state index in [4.69, 9.17) is 5.10 Å². The standard InChI is InChI=1S/C24H28N6O/c1-18-24(19(2)30(26-18)22-9-5-6-11-25-22)28-15-13-27(14-16-28)17-23(31)29-12-10-20-7-3-4-8-21(20)29/h3-9,11H,10,12-17H2,1-2H3. The van der Waals surface area contributed by atoms with E-state index in [9.17, 15) is 4.79 Å². The number of aromatic nitrogens is 3. The predicted octanol–water partition coefficient (Wildman–Crippen LogP) is 2.60. The van der Waals surface area contributed by atoms with Gasteiger partial charge < -0.3 is 9.80 Å². The van der Waals surface area contributed by atoms with Crippen molar-refractivity contribution in [2.75, 3.05) is 49.1 Å². The molecule has 7 nitrogen and oxygen atoms in total. The van der Waals surface area contributed by atoms with Crippen molar-refractivity contribution < 1.29 is 4.79 Å². The number of para-hydroxylation sites is 1. The Hall–Kier alpha value is -3.19. The molecule has 0 saturated carbocycles. The molecule has 2 aromatic heterocycles. The average molecular weight is 417 g/mol. The number of anilines is 2. The van der Waals surface area contributed by atoms with Crippen LogP contribution in [0.3, 0.4) is 0 Å². The number of carbonyl (C=O) groups excluding carboxylic acids is 1. The first-order valence-corrected chi connectivity index (χ1v) is 10.9. The van der Waals surface area contributed by atoms with Crippen molar-refractivity contribution in [1.82, 2.24) is 19.7 Å². The van der Waals surface area contributed by atoms with Gasteiger partial charge in [0.1, 0.15) is 0 Å². The number of carbonyl (C=O) groups is 1. The molecule has 160 valence electrons. The van der Waals surface area contributed by atoms with Crippen molar-refractivity contribution in [3.05, 3.63) is 65.6 Å². The molecule has 2 aliphatic rings. The SMILES string of the molecule is Cc1nn(-c2ccccn2)c(C)c1N1CCN(CC(=O)N2CCc3ccccc32)CC1. The maximum Gasteiger partial charge on any atom is 0.241 e. The third-order valence-corrected chi connectivity index (χ3v) is 6.35. The summed E-state index contributed by atoms with van der Waals surface area (Å²) in [5.41, 5.74) is 5.66. The first-order valence-electron chi connectivity index (χ1n) is 10.9. The summed E-state index contributed by atoms with van der Waals surface area (Å²) in [7, 11) is 0. The van der Waals surface area contributed by atoms with Crippen molar-refractivity contribution in [3.63, 3.8) is 0 Å². The van der Waals surface area contributed by atoms with E-state index in [1.807, 2.05) is 39.9 Å². The Morgan fingerprint density at radius 3 is 2.52 bits per heavy atom. The monoisotopic (exact) mass is 416 g/mol. The fourth-order valence-electron chi connectivity index (χ4n) is 4.80. The van der Waals surface area contributed by atoms with Crippen LogP contribution >= 0.6 is 0 Å². The zero-order chi connectivity index (χ0) is 21.4.